The first-order valence-corrected chi connectivity index (χ1v) is 4.34. The summed E-state index contributed by atoms with van der Waals surface area (Å²) in [6.45, 7) is 4.04. The first-order valence-electron chi connectivity index (χ1n) is 4.34. The Morgan fingerprint density at radius 2 is 2.50 bits per heavy atom. The lowest BCUT2D eigenvalue weighted by molar-refractivity contribution is 0.158. The van der Waals surface area contributed by atoms with Gasteiger partial charge in [-0.2, -0.15) is 0 Å². The molecule has 1 saturated heterocycles. The molecule has 0 bridgehead atoms. The third-order valence-electron chi connectivity index (χ3n) is 2.10. The molecule has 4 nitrogen and oxygen atoms in total. The van der Waals surface area contributed by atoms with Gasteiger partial charge in [-0.3, -0.25) is 0 Å². The van der Waals surface area contributed by atoms with E-state index in [0.29, 0.717) is 13.2 Å². The first kappa shape index (κ1) is 9.32. The number of rotatable bonds is 2. The van der Waals surface area contributed by atoms with Gasteiger partial charge in [-0.1, -0.05) is 0 Å². The summed E-state index contributed by atoms with van der Waals surface area (Å²) in [6, 6.07) is 0.254. The van der Waals surface area contributed by atoms with Crippen LogP contribution in [0.1, 0.15) is 13.3 Å². The fourth-order valence-corrected chi connectivity index (χ4v) is 1.27. The van der Waals surface area contributed by atoms with Crippen molar-refractivity contribution >= 4 is 6.03 Å². The van der Waals surface area contributed by atoms with Gasteiger partial charge in [0.05, 0.1) is 12.6 Å². The summed E-state index contributed by atoms with van der Waals surface area (Å²) in [7, 11) is 1.81. The van der Waals surface area contributed by atoms with Crippen LogP contribution in [0.4, 0.5) is 4.79 Å². The Morgan fingerprint density at radius 3 is 3.00 bits per heavy atom. The second-order valence-electron chi connectivity index (χ2n) is 2.96. The third-order valence-corrected chi connectivity index (χ3v) is 2.10. The minimum absolute atomic E-state index is 0.00648. The maximum atomic E-state index is 11.3. The molecule has 1 N–H and O–H groups in total. The van der Waals surface area contributed by atoms with Crippen molar-refractivity contribution in [2.75, 3.05) is 26.8 Å². The molecule has 1 rings (SSSR count). The standard InChI is InChI=1S/C8H16N2O2/c1-3-9-8(11)10(2)7-4-5-12-6-7/h7H,3-6H2,1-2H3,(H,9,11). The molecule has 0 saturated carbocycles. The lowest BCUT2D eigenvalue weighted by atomic mass is 10.2. The van der Waals surface area contributed by atoms with Crippen LogP contribution in [0.2, 0.25) is 0 Å². The first-order chi connectivity index (χ1) is 5.75. The van der Waals surface area contributed by atoms with Crippen LogP contribution in [-0.2, 0) is 4.74 Å². The Morgan fingerprint density at radius 1 is 1.75 bits per heavy atom. The van der Waals surface area contributed by atoms with Gasteiger partial charge >= 0.3 is 6.03 Å². The van der Waals surface area contributed by atoms with Gasteiger partial charge in [0.25, 0.3) is 0 Å². The molecule has 1 aliphatic heterocycles. The van der Waals surface area contributed by atoms with Gasteiger partial charge in [0, 0.05) is 20.2 Å². The smallest absolute Gasteiger partial charge is 0.317 e. The van der Waals surface area contributed by atoms with Crippen molar-refractivity contribution in [3.8, 4) is 0 Å². The van der Waals surface area contributed by atoms with E-state index in [1.807, 2.05) is 14.0 Å². The van der Waals surface area contributed by atoms with E-state index >= 15 is 0 Å². The summed E-state index contributed by atoms with van der Waals surface area (Å²) < 4.78 is 5.18. The molecule has 0 aromatic carbocycles. The van der Waals surface area contributed by atoms with Crippen LogP contribution >= 0.6 is 0 Å². The summed E-state index contributed by atoms with van der Waals surface area (Å²) in [5.41, 5.74) is 0. The van der Waals surface area contributed by atoms with Crippen molar-refractivity contribution < 1.29 is 9.53 Å². The predicted octanol–water partition coefficient (Wildman–Crippen LogP) is 0.437. The SMILES string of the molecule is CCNC(=O)N(C)C1CCOC1. The van der Waals surface area contributed by atoms with Crippen molar-refractivity contribution in [2.45, 2.75) is 19.4 Å². The van der Waals surface area contributed by atoms with E-state index in [4.69, 9.17) is 4.74 Å². The molecule has 1 unspecified atom stereocenters. The molecule has 70 valence electrons. The number of nitrogens with one attached hydrogen (secondary N) is 1. The van der Waals surface area contributed by atoms with Gasteiger partial charge in [-0.25, -0.2) is 4.79 Å². The number of hydrogen-bond acceptors (Lipinski definition) is 2. The fourth-order valence-electron chi connectivity index (χ4n) is 1.27. The van der Waals surface area contributed by atoms with Crippen LogP contribution in [-0.4, -0.2) is 43.8 Å². The molecule has 1 fully saturated rings. The molecule has 0 aromatic heterocycles. The van der Waals surface area contributed by atoms with E-state index in [1.54, 1.807) is 4.90 Å². The number of likely N-dealkylation sites (N-methyl/N-ethyl adjacent to an activating group) is 1. The van der Waals surface area contributed by atoms with Gasteiger partial charge in [0.15, 0.2) is 0 Å². The lowest BCUT2D eigenvalue weighted by Gasteiger charge is -2.22. The minimum atomic E-state index is -0.00648. The van der Waals surface area contributed by atoms with Crippen molar-refractivity contribution in [1.82, 2.24) is 10.2 Å². The predicted molar refractivity (Wildman–Crippen MR) is 46.1 cm³/mol. The molecular weight excluding hydrogens is 156 g/mol. The third kappa shape index (κ3) is 2.11. The van der Waals surface area contributed by atoms with E-state index < -0.39 is 0 Å². The van der Waals surface area contributed by atoms with E-state index in [1.165, 1.54) is 0 Å². The topological polar surface area (TPSA) is 41.6 Å². The van der Waals surface area contributed by atoms with E-state index in [9.17, 15) is 4.79 Å². The van der Waals surface area contributed by atoms with Gasteiger partial charge in [-0.15, -0.1) is 0 Å². The number of hydrogen-bond donors (Lipinski definition) is 1. The monoisotopic (exact) mass is 172 g/mol. The molecule has 1 heterocycles. The number of amides is 2. The number of urea groups is 1. The van der Waals surface area contributed by atoms with Gasteiger partial charge < -0.3 is 15.0 Å². The molecule has 0 aromatic rings. The highest BCUT2D eigenvalue weighted by molar-refractivity contribution is 5.74. The van der Waals surface area contributed by atoms with Crippen molar-refractivity contribution in [3.63, 3.8) is 0 Å². The molecular formula is C8H16N2O2. The van der Waals surface area contributed by atoms with E-state index in [2.05, 4.69) is 5.32 Å². The summed E-state index contributed by atoms with van der Waals surface area (Å²) in [6.07, 6.45) is 0.952. The van der Waals surface area contributed by atoms with Crippen molar-refractivity contribution in [1.29, 1.82) is 0 Å². The maximum Gasteiger partial charge on any atom is 0.317 e. The van der Waals surface area contributed by atoms with E-state index in [0.717, 1.165) is 13.0 Å². The van der Waals surface area contributed by atoms with Crippen LogP contribution < -0.4 is 5.32 Å². The van der Waals surface area contributed by atoms with Crippen LogP contribution in [0, 0.1) is 0 Å². The number of carbonyl (C=O) groups excluding carboxylic acids is 1. The molecule has 0 radical (unpaired) electrons. The largest absolute Gasteiger partial charge is 0.379 e. The number of carbonyl (C=O) groups is 1. The molecule has 0 spiro atoms. The molecule has 2 amide bonds. The minimum Gasteiger partial charge on any atom is -0.379 e. The molecule has 4 heteroatoms. The Balaban J connectivity index is 2.34. The summed E-state index contributed by atoms with van der Waals surface area (Å²) in [4.78, 5) is 13.0. The number of ether oxygens (including phenoxy) is 1. The lowest BCUT2D eigenvalue weighted by Crippen LogP contribution is -2.43. The quantitative estimate of drug-likeness (QED) is 0.656. The van der Waals surface area contributed by atoms with Crippen molar-refractivity contribution in [3.05, 3.63) is 0 Å². The fraction of sp³-hybridized carbons (Fsp3) is 0.875. The van der Waals surface area contributed by atoms with Gasteiger partial charge in [0.1, 0.15) is 0 Å². The highest BCUT2D eigenvalue weighted by atomic mass is 16.5. The highest BCUT2D eigenvalue weighted by Crippen LogP contribution is 2.09. The zero-order valence-electron chi connectivity index (χ0n) is 7.67. The second-order valence-corrected chi connectivity index (χ2v) is 2.96. The maximum absolute atomic E-state index is 11.3. The summed E-state index contributed by atoms with van der Waals surface area (Å²) in [5, 5.41) is 2.75. The normalized spacial score (nSPS) is 22.3. The number of nitrogens with zero attached hydrogens (tertiary/aromatic N) is 1. The molecule has 1 aliphatic rings. The van der Waals surface area contributed by atoms with E-state index in [-0.39, 0.29) is 12.1 Å². The van der Waals surface area contributed by atoms with Crippen molar-refractivity contribution in [2.24, 2.45) is 0 Å². The molecule has 0 aliphatic carbocycles. The average Bonchev–Trinajstić information content (AvgIpc) is 2.55. The zero-order valence-corrected chi connectivity index (χ0v) is 7.67. The summed E-state index contributed by atoms with van der Waals surface area (Å²) in [5.74, 6) is 0. The van der Waals surface area contributed by atoms with Crippen LogP contribution in [0.5, 0.6) is 0 Å². The highest BCUT2D eigenvalue weighted by Gasteiger charge is 2.23. The zero-order chi connectivity index (χ0) is 8.97. The van der Waals surface area contributed by atoms with Crippen LogP contribution in [0.3, 0.4) is 0 Å². The summed E-state index contributed by atoms with van der Waals surface area (Å²) >= 11 is 0. The van der Waals surface area contributed by atoms with Gasteiger partial charge in [0.2, 0.25) is 0 Å². The Labute approximate surface area is 72.9 Å². The van der Waals surface area contributed by atoms with Gasteiger partial charge in [-0.05, 0) is 13.3 Å². The molecule has 1 atom stereocenters. The average molecular weight is 172 g/mol. The van der Waals surface area contributed by atoms with Crippen LogP contribution in [0.15, 0.2) is 0 Å². The Hall–Kier alpha value is -0.770. The van der Waals surface area contributed by atoms with Crippen LogP contribution in [0.25, 0.3) is 0 Å². The Bertz CT molecular complexity index is 155. The molecule has 12 heavy (non-hydrogen) atoms. The Kier molecular flexibility index (Phi) is 3.34. The second kappa shape index (κ2) is 4.30.